The Hall–Kier alpha value is -5.19. The number of benzene rings is 2. The molecule has 1 aliphatic carbocycles. The van der Waals surface area contributed by atoms with Crippen LogP contribution in [0.25, 0.3) is 22.6 Å². The number of carbonyl (C=O) groups excluding carboxylic acids is 2. The maximum atomic E-state index is 13.5. The highest BCUT2D eigenvalue weighted by Gasteiger charge is 2.29. The van der Waals surface area contributed by atoms with Crippen molar-refractivity contribution in [2.45, 2.75) is 12.8 Å². The van der Waals surface area contributed by atoms with Gasteiger partial charge in [0.05, 0.1) is 16.8 Å². The number of nitrogen functional groups attached to an aromatic ring is 1. The predicted octanol–water partition coefficient (Wildman–Crippen LogP) is 2.47. The minimum absolute atomic E-state index is 0.184. The number of para-hydroxylation sites is 1. The van der Waals surface area contributed by atoms with E-state index in [4.69, 9.17) is 24.9 Å². The van der Waals surface area contributed by atoms with Crippen molar-refractivity contribution in [1.29, 1.82) is 0 Å². The Morgan fingerprint density at radius 3 is 2.62 bits per heavy atom. The minimum atomic E-state index is -0.852. The number of fused-ring (bicyclic) bond motifs is 3. The molecular weight excluding hydrogens is 516 g/mol. The molecule has 2 N–H and O–H groups in total. The van der Waals surface area contributed by atoms with E-state index >= 15 is 0 Å². The van der Waals surface area contributed by atoms with E-state index in [-0.39, 0.29) is 12.6 Å². The average molecular weight is 541 g/mol. The van der Waals surface area contributed by atoms with E-state index in [1.807, 2.05) is 36.4 Å². The van der Waals surface area contributed by atoms with E-state index < -0.39 is 35.2 Å². The molecule has 2 aliphatic rings. The van der Waals surface area contributed by atoms with Crippen molar-refractivity contribution < 1.29 is 23.8 Å². The molecule has 0 saturated heterocycles. The van der Waals surface area contributed by atoms with Gasteiger partial charge in [-0.1, -0.05) is 24.3 Å². The van der Waals surface area contributed by atoms with Crippen LogP contribution in [0.15, 0.2) is 52.1 Å². The Balaban J connectivity index is 1.35. The van der Waals surface area contributed by atoms with E-state index in [1.54, 1.807) is 12.1 Å². The highest BCUT2D eigenvalue weighted by molar-refractivity contribution is 6.08. The van der Waals surface area contributed by atoms with Gasteiger partial charge in [-0.05, 0) is 53.8 Å². The molecule has 0 atom stereocenters. The van der Waals surface area contributed by atoms with Crippen molar-refractivity contribution in [2.75, 3.05) is 19.1 Å². The summed E-state index contributed by atoms with van der Waals surface area (Å²) in [6.07, 6.45) is 3.21. The molecule has 40 heavy (non-hydrogen) atoms. The molecule has 0 radical (unpaired) electrons. The first-order valence-corrected chi connectivity index (χ1v) is 12.5. The molecule has 0 fully saturated rings. The first-order chi connectivity index (χ1) is 19.2. The first kappa shape index (κ1) is 25.1. The van der Waals surface area contributed by atoms with Crippen molar-refractivity contribution >= 4 is 40.1 Å². The van der Waals surface area contributed by atoms with E-state index in [0.717, 1.165) is 25.8 Å². The number of nitrogens with two attached hydrogens (primary N) is 1. The minimum Gasteiger partial charge on any atom is -0.454 e. The van der Waals surface area contributed by atoms with Crippen LogP contribution in [0.1, 0.15) is 44.0 Å². The monoisotopic (exact) mass is 540 g/mol. The van der Waals surface area contributed by atoms with Gasteiger partial charge in [-0.15, -0.1) is 0 Å². The number of ether oxygens (including phenoxy) is 3. The number of hydrogen-bond acceptors (Lipinski definition) is 9. The molecule has 4 aromatic rings. The lowest BCUT2D eigenvalue weighted by Crippen LogP contribution is -2.42. The lowest BCUT2D eigenvalue weighted by Gasteiger charge is -2.13. The normalized spacial score (nSPS) is 14.5. The van der Waals surface area contributed by atoms with Crippen molar-refractivity contribution in [2.24, 2.45) is 14.1 Å². The van der Waals surface area contributed by atoms with Crippen LogP contribution in [0.4, 0.5) is 5.82 Å². The number of carbonyl (C=O) groups is 2. The van der Waals surface area contributed by atoms with Gasteiger partial charge in [0.15, 0.2) is 18.1 Å². The van der Waals surface area contributed by atoms with Gasteiger partial charge in [0.2, 0.25) is 12.6 Å². The molecule has 1 aliphatic heterocycles. The van der Waals surface area contributed by atoms with Gasteiger partial charge in [0, 0.05) is 19.5 Å². The summed E-state index contributed by atoms with van der Waals surface area (Å²) in [4.78, 5) is 55.9. The average Bonchev–Trinajstić information content (AvgIpc) is 3.59. The third kappa shape index (κ3) is 4.03. The molecule has 2 aromatic carbocycles. The quantitative estimate of drug-likeness (QED) is 0.298. The zero-order valence-electron chi connectivity index (χ0n) is 21.7. The Morgan fingerprint density at radius 1 is 1.02 bits per heavy atom. The maximum Gasteiger partial charge on any atom is 0.339 e. The zero-order valence-corrected chi connectivity index (χ0v) is 21.7. The van der Waals surface area contributed by atoms with Crippen molar-refractivity contribution in [3.05, 3.63) is 91.3 Å². The molecule has 2 aromatic heterocycles. The van der Waals surface area contributed by atoms with Crippen molar-refractivity contribution in [1.82, 2.24) is 14.1 Å². The van der Waals surface area contributed by atoms with Crippen LogP contribution in [0.3, 0.4) is 0 Å². The van der Waals surface area contributed by atoms with Crippen LogP contribution in [0, 0.1) is 0 Å². The van der Waals surface area contributed by atoms with Gasteiger partial charge in [-0.25, -0.2) is 14.6 Å². The van der Waals surface area contributed by atoms with Gasteiger partial charge in [0.1, 0.15) is 11.4 Å². The van der Waals surface area contributed by atoms with Crippen LogP contribution in [0.2, 0.25) is 0 Å². The molecule has 11 nitrogen and oxygen atoms in total. The number of rotatable bonds is 5. The number of pyridine rings is 1. The number of ketones is 1. The fourth-order valence-corrected chi connectivity index (χ4v) is 5.11. The summed E-state index contributed by atoms with van der Waals surface area (Å²) in [7, 11) is 2.59. The van der Waals surface area contributed by atoms with Crippen LogP contribution < -0.4 is 26.5 Å². The van der Waals surface area contributed by atoms with Crippen LogP contribution in [0.5, 0.6) is 11.5 Å². The van der Waals surface area contributed by atoms with Gasteiger partial charge in [-0.3, -0.25) is 18.7 Å². The summed E-state index contributed by atoms with van der Waals surface area (Å²) >= 11 is 0. The Kier molecular flexibility index (Phi) is 5.98. The van der Waals surface area contributed by atoms with Crippen molar-refractivity contribution in [3.63, 3.8) is 0 Å². The number of nitrogens with zero attached hydrogens (tertiary/aromatic N) is 3. The number of allylic oxidation sites excluding steroid dienone is 1. The molecule has 11 heteroatoms. The second-order valence-electron chi connectivity index (χ2n) is 9.58. The van der Waals surface area contributed by atoms with E-state index in [0.29, 0.717) is 46.5 Å². The highest BCUT2D eigenvalue weighted by atomic mass is 16.7. The van der Waals surface area contributed by atoms with Crippen LogP contribution >= 0.6 is 0 Å². The number of esters is 1. The second kappa shape index (κ2) is 9.53. The topological polar surface area (TPSA) is 145 Å². The van der Waals surface area contributed by atoms with Crippen LogP contribution in [-0.2, 0) is 25.3 Å². The summed E-state index contributed by atoms with van der Waals surface area (Å²) in [5.41, 5.74) is 8.16. The summed E-state index contributed by atoms with van der Waals surface area (Å²) in [6.45, 7) is -0.537. The van der Waals surface area contributed by atoms with E-state index in [2.05, 4.69) is 0 Å². The Morgan fingerprint density at radius 2 is 1.80 bits per heavy atom. The lowest BCUT2D eigenvalue weighted by atomic mass is 10.0. The van der Waals surface area contributed by atoms with Crippen LogP contribution in [-0.4, -0.2) is 39.3 Å². The standard InChI is InChI=1S/C29H24N4O7/c1-32-26(30)24(27(35)33(2)29(32)37)20(34)13-38-28(36)23-17-5-3-4-6-19(17)31-25-16(8-9-18(23)25)11-15-7-10-21-22(12-15)40-14-39-21/h3-7,10-12H,8-9,13-14,30H2,1-2H3/b16-11-. The smallest absolute Gasteiger partial charge is 0.339 e. The number of Topliss-reactive ketones (excluding diaryl/α,β-unsaturated/α-hetero) is 1. The SMILES string of the molecule is Cn1c(N)c(C(=O)COC(=O)c2c3c(nc4ccccc24)/C(=C\c2ccc4c(c2)OCO4)CC3)c(=O)n(C)c1=O. The first-order valence-electron chi connectivity index (χ1n) is 12.5. The van der Waals surface area contributed by atoms with Gasteiger partial charge >= 0.3 is 11.7 Å². The molecular formula is C29H24N4O7. The Bertz CT molecular complexity index is 1900. The Labute approximate surface area is 227 Å². The third-order valence-corrected chi connectivity index (χ3v) is 7.21. The summed E-state index contributed by atoms with van der Waals surface area (Å²) in [5, 5.41) is 0.598. The summed E-state index contributed by atoms with van der Waals surface area (Å²) in [5.74, 6) is -0.451. The number of aromatic nitrogens is 3. The maximum absolute atomic E-state index is 13.5. The molecule has 0 spiro atoms. The fourth-order valence-electron chi connectivity index (χ4n) is 5.11. The summed E-state index contributed by atoms with van der Waals surface area (Å²) in [6, 6.07) is 12.9. The highest BCUT2D eigenvalue weighted by Crippen LogP contribution is 2.39. The summed E-state index contributed by atoms with van der Waals surface area (Å²) < 4.78 is 18.1. The number of anilines is 1. The molecule has 6 rings (SSSR count). The largest absolute Gasteiger partial charge is 0.454 e. The molecule has 0 unspecified atom stereocenters. The lowest BCUT2D eigenvalue weighted by molar-refractivity contribution is 0.0475. The number of hydrogen-bond donors (Lipinski definition) is 1. The van der Waals surface area contributed by atoms with Gasteiger partial charge in [-0.2, -0.15) is 0 Å². The van der Waals surface area contributed by atoms with E-state index in [9.17, 15) is 19.2 Å². The molecule has 0 amide bonds. The molecule has 0 bridgehead atoms. The predicted molar refractivity (Wildman–Crippen MR) is 146 cm³/mol. The van der Waals surface area contributed by atoms with Gasteiger partial charge in [0.25, 0.3) is 5.56 Å². The fraction of sp³-hybridized carbons (Fsp3) is 0.207. The second-order valence-corrected chi connectivity index (χ2v) is 9.58. The van der Waals surface area contributed by atoms with Crippen molar-refractivity contribution in [3.8, 4) is 11.5 Å². The molecule has 0 saturated carbocycles. The third-order valence-electron chi connectivity index (χ3n) is 7.21. The zero-order chi connectivity index (χ0) is 28.1. The molecule has 202 valence electrons. The molecule has 3 heterocycles. The van der Waals surface area contributed by atoms with Gasteiger partial charge < -0.3 is 19.9 Å². The van der Waals surface area contributed by atoms with E-state index in [1.165, 1.54) is 14.1 Å².